The van der Waals surface area contributed by atoms with Crippen LogP contribution in [0.25, 0.3) is 0 Å². The molecule has 0 saturated heterocycles. The Balaban J connectivity index is 1.93. The molecule has 0 bridgehead atoms. The maximum Gasteiger partial charge on any atom is 0.123 e. The number of nitrogens with one attached hydrogen (secondary N) is 1. The van der Waals surface area contributed by atoms with Gasteiger partial charge in [-0.2, -0.15) is 0 Å². The number of fused-ring (bicyclic) bond motifs is 1. The van der Waals surface area contributed by atoms with Crippen molar-refractivity contribution < 1.29 is 4.39 Å². The summed E-state index contributed by atoms with van der Waals surface area (Å²) >= 11 is 0. The van der Waals surface area contributed by atoms with E-state index in [-0.39, 0.29) is 5.82 Å². The normalized spacial score (nSPS) is 25.9. The van der Waals surface area contributed by atoms with Crippen molar-refractivity contribution in [3.63, 3.8) is 0 Å². The van der Waals surface area contributed by atoms with Crippen molar-refractivity contribution in [2.45, 2.75) is 31.8 Å². The lowest BCUT2D eigenvalue weighted by Gasteiger charge is -2.31. The van der Waals surface area contributed by atoms with Gasteiger partial charge in [0.1, 0.15) is 5.82 Å². The standard InChI is InChI=1S/C12H14FN/c13-10-4-5-11-9(6-10)7-14-12(11)8-2-1-3-8/h4-6,8,12,14H,1-3,7H2. The van der Waals surface area contributed by atoms with Crippen molar-refractivity contribution in [2.24, 2.45) is 5.92 Å². The van der Waals surface area contributed by atoms with Crippen LogP contribution in [0.1, 0.15) is 36.4 Å². The molecule has 1 heterocycles. The lowest BCUT2D eigenvalue weighted by Crippen LogP contribution is -2.26. The smallest absolute Gasteiger partial charge is 0.123 e. The van der Waals surface area contributed by atoms with Crippen molar-refractivity contribution in [3.8, 4) is 0 Å². The SMILES string of the molecule is Fc1ccc2c(c1)CNC2C1CCC1. The van der Waals surface area contributed by atoms with Crippen LogP contribution in [0.4, 0.5) is 4.39 Å². The second kappa shape index (κ2) is 3.06. The van der Waals surface area contributed by atoms with Gasteiger partial charge in [-0.3, -0.25) is 0 Å². The van der Waals surface area contributed by atoms with Gasteiger partial charge >= 0.3 is 0 Å². The highest BCUT2D eigenvalue weighted by Crippen LogP contribution is 2.41. The number of rotatable bonds is 1. The van der Waals surface area contributed by atoms with E-state index in [2.05, 4.69) is 5.32 Å². The quantitative estimate of drug-likeness (QED) is 0.719. The molecule has 14 heavy (non-hydrogen) atoms. The van der Waals surface area contributed by atoms with Gasteiger partial charge in [0.15, 0.2) is 0 Å². The van der Waals surface area contributed by atoms with Gasteiger partial charge in [0.05, 0.1) is 0 Å². The summed E-state index contributed by atoms with van der Waals surface area (Å²) in [6.07, 6.45) is 4.02. The summed E-state index contributed by atoms with van der Waals surface area (Å²) < 4.78 is 13.0. The van der Waals surface area contributed by atoms with E-state index in [9.17, 15) is 4.39 Å². The number of halogens is 1. The van der Waals surface area contributed by atoms with Crippen molar-refractivity contribution in [3.05, 3.63) is 35.1 Å². The lowest BCUT2D eigenvalue weighted by molar-refractivity contribution is 0.240. The van der Waals surface area contributed by atoms with Crippen molar-refractivity contribution >= 4 is 0 Å². The largest absolute Gasteiger partial charge is 0.306 e. The van der Waals surface area contributed by atoms with Crippen LogP contribution >= 0.6 is 0 Å². The van der Waals surface area contributed by atoms with E-state index in [0.29, 0.717) is 6.04 Å². The first-order chi connectivity index (χ1) is 6.84. The molecule has 0 aromatic heterocycles. The fraction of sp³-hybridized carbons (Fsp3) is 0.500. The third kappa shape index (κ3) is 1.17. The maximum atomic E-state index is 13.0. The van der Waals surface area contributed by atoms with E-state index in [0.717, 1.165) is 18.0 Å². The topological polar surface area (TPSA) is 12.0 Å². The molecule has 0 amide bonds. The Kier molecular flexibility index (Phi) is 1.84. The first-order valence-corrected chi connectivity index (χ1v) is 5.36. The monoisotopic (exact) mass is 191 g/mol. The van der Waals surface area contributed by atoms with Gasteiger partial charge in [-0.25, -0.2) is 4.39 Å². The van der Waals surface area contributed by atoms with E-state index in [1.807, 2.05) is 6.07 Å². The van der Waals surface area contributed by atoms with Crippen LogP contribution in [0.15, 0.2) is 18.2 Å². The summed E-state index contributed by atoms with van der Waals surface area (Å²) in [5.41, 5.74) is 2.48. The Bertz CT molecular complexity index is 357. The van der Waals surface area contributed by atoms with Crippen LogP contribution in [0, 0.1) is 11.7 Å². The van der Waals surface area contributed by atoms with Gasteiger partial charge in [0.25, 0.3) is 0 Å². The molecule has 1 nitrogen and oxygen atoms in total. The minimum Gasteiger partial charge on any atom is -0.306 e. The highest BCUT2D eigenvalue weighted by molar-refractivity contribution is 5.35. The molecule has 2 heteroatoms. The van der Waals surface area contributed by atoms with Crippen molar-refractivity contribution in [1.82, 2.24) is 5.32 Å². The first-order valence-electron chi connectivity index (χ1n) is 5.36. The Morgan fingerprint density at radius 2 is 2.14 bits per heavy atom. The van der Waals surface area contributed by atoms with E-state index in [1.165, 1.54) is 24.8 Å². The molecule has 1 fully saturated rings. The minimum absolute atomic E-state index is 0.111. The fourth-order valence-corrected chi connectivity index (χ4v) is 2.55. The molecule has 1 atom stereocenters. The number of benzene rings is 1. The van der Waals surface area contributed by atoms with Crippen LogP contribution in [0.5, 0.6) is 0 Å². The van der Waals surface area contributed by atoms with Crippen molar-refractivity contribution in [2.75, 3.05) is 0 Å². The van der Waals surface area contributed by atoms with Crippen LogP contribution in [0.2, 0.25) is 0 Å². The van der Waals surface area contributed by atoms with Crippen LogP contribution < -0.4 is 5.32 Å². The molecule has 1 aliphatic carbocycles. The molecular weight excluding hydrogens is 177 g/mol. The Morgan fingerprint density at radius 1 is 1.29 bits per heavy atom. The summed E-state index contributed by atoms with van der Waals surface area (Å²) in [5.74, 6) is 0.682. The van der Waals surface area contributed by atoms with Gasteiger partial charge in [-0.1, -0.05) is 12.5 Å². The molecule has 1 saturated carbocycles. The highest BCUT2D eigenvalue weighted by Gasteiger charge is 2.32. The molecule has 1 N–H and O–H groups in total. The first kappa shape index (κ1) is 8.42. The Labute approximate surface area is 83.3 Å². The molecule has 1 aromatic rings. The number of hydrogen-bond donors (Lipinski definition) is 1. The summed E-state index contributed by atoms with van der Waals surface area (Å²) in [6.45, 7) is 0.842. The zero-order chi connectivity index (χ0) is 9.54. The van der Waals surface area contributed by atoms with Crippen LogP contribution in [0.3, 0.4) is 0 Å². The van der Waals surface area contributed by atoms with E-state index in [1.54, 1.807) is 12.1 Å². The second-order valence-electron chi connectivity index (χ2n) is 4.39. The van der Waals surface area contributed by atoms with Crippen LogP contribution in [-0.4, -0.2) is 0 Å². The summed E-state index contributed by atoms with van der Waals surface area (Å²) in [5, 5.41) is 3.48. The Hall–Kier alpha value is -0.890. The van der Waals surface area contributed by atoms with Gasteiger partial charge < -0.3 is 5.32 Å². The Morgan fingerprint density at radius 3 is 2.86 bits per heavy atom. The molecule has 2 aliphatic rings. The fourth-order valence-electron chi connectivity index (χ4n) is 2.55. The highest BCUT2D eigenvalue weighted by atomic mass is 19.1. The summed E-state index contributed by atoms with van der Waals surface area (Å²) in [4.78, 5) is 0. The summed E-state index contributed by atoms with van der Waals surface area (Å²) in [7, 11) is 0. The third-order valence-corrected chi connectivity index (χ3v) is 3.57. The predicted octanol–water partition coefficient (Wildman–Crippen LogP) is 2.77. The van der Waals surface area contributed by atoms with E-state index >= 15 is 0 Å². The van der Waals surface area contributed by atoms with Gasteiger partial charge in [-0.05, 0) is 42.0 Å². The lowest BCUT2D eigenvalue weighted by atomic mass is 9.77. The molecule has 0 spiro atoms. The molecule has 3 rings (SSSR count). The molecule has 0 radical (unpaired) electrons. The van der Waals surface area contributed by atoms with Crippen molar-refractivity contribution in [1.29, 1.82) is 0 Å². The zero-order valence-electron chi connectivity index (χ0n) is 8.09. The molecule has 74 valence electrons. The summed E-state index contributed by atoms with van der Waals surface area (Å²) in [6, 6.07) is 5.70. The average molecular weight is 191 g/mol. The molecule has 1 aromatic carbocycles. The van der Waals surface area contributed by atoms with E-state index < -0.39 is 0 Å². The molecule has 1 unspecified atom stereocenters. The second-order valence-corrected chi connectivity index (χ2v) is 4.39. The van der Waals surface area contributed by atoms with Gasteiger partial charge in [0, 0.05) is 12.6 Å². The third-order valence-electron chi connectivity index (χ3n) is 3.57. The van der Waals surface area contributed by atoms with E-state index in [4.69, 9.17) is 0 Å². The van der Waals surface area contributed by atoms with Gasteiger partial charge in [0.2, 0.25) is 0 Å². The maximum absolute atomic E-state index is 13.0. The zero-order valence-corrected chi connectivity index (χ0v) is 8.09. The predicted molar refractivity (Wildman–Crippen MR) is 53.3 cm³/mol. The molecular formula is C12H14FN. The van der Waals surface area contributed by atoms with Gasteiger partial charge in [-0.15, -0.1) is 0 Å². The minimum atomic E-state index is -0.111. The van der Waals surface area contributed by atoms with Crippen LogP contribution in [-0.2, 0) is 6.54 Å². The number of hydrogen-bond acceptors (Lipinski definition) is 1. The molecule has 1 aliphatic heterocycles. The average Bonchev–Trinajstić information content (AvgIpc) is 2.45.